The molecule has 6 nitrogen and oxygen atoms in total. The highest BCUT2D eigenvalue weighted by molar-refractivity contribution is 6.07. The van der Waals surface area contributed by atoms with Gasteiger partial charge in [-0.05, 0) is 48.4 Å². The summed E-state index contributed by atoms with van der Waals surface area (Å²) in [4.78, 5) is 35.6. The van der Waals surface area contributed by atoms with Crippen LogP contribution in [0.15, 0.2) is 54.6 Å². The Morgan fingerprint density at radius 3 is 2.38 bits per heavy atom. The molecule has 0 saturated carbocycles. The molecule has 1 fully saturated rings. The number of rotatable bonds is 4. The first-order valence-corrected chi connectivity index (χ1v) is 8.48. The van der Waals surface area contributed by atoms with Gasteiger partial charge in [-0.3, -0.25) is 14.9 Å². The predicted molar refractivity (Wildman–Crippen MR) is 99.6 cm³/mol. The lowest BCUT2D eigenvalue weighted by Crippen LogP contribution is -2.40. The third kappa shape index (κ3) is 4.45. The van der Waals surface area contributed by atoms with Gasteiger partial charge in [-0.2, -0.15) is 13.2 Å². The van der Waals surface area contributed by atoms with Crippen molar-refractivity contribution in [3.05, 3.63) is 71.3 Å². The second-order valence-electron chi connectivity index (χ2n) is 6.56. The summed E-state index contributed by atoms with van der Waals surface area (Å²) in [5.41, 5.74) is -0.731. The Labute approximate surface area is 163 Å². The molecule has 2 aromatic carbocycles. The summed E-state index contributed by atoms with van der Waals surface area (Å²) >= 11 is 0. The zero-order valence-corrected chi connectivity index (χ0v) is 15.1. The fourth-order valence-corrected chi connectivity index (χ4v) is 2.79. The van der Waals surface area contributed by atoms with Crippen LogP contribution in [0.1, 0.15) is 23.6 Å². The average Bonchev–Trinajstić information content (AvgIpc) is 2.93. The highest BCUT2D eigenvalue weighted by atomic mass is 19.4. The lowest BCUT2D eigenvalue weighted by atomic mass is 9.92. The van der Waals surface area contributed by atoms with E-state index in [0.29, 0.717) is 16.8 Å². The van der Waals surface area contributed by atoms with Crippen LogP contribution in [0, 0.1) is 0 Å². The molecule has 0 aromatic heterocycles. The highest BCUT2D eigenvalue weighted by Crippen LogP contribution is 2.29. The van der Waals surface area contributed by atoms with Crippen LogP contribution < -0.4 is 16.0 Å². The topological polar surface area (TPSA) is 87.3 Å². The first-order chi connectivity index (χ1) is 13.6. The number of hydrogen-bond donors (Lipinski definition) is 3. The molecule has 0 bridgehead atoms. The Balaban J connectivity index is 1.69. The van der Waals surface area contributed by atoms with Crippen LogP contribution in [-0.4, -0.2) is 17.8 Å². The Morgan fingerprint density at radius 2 is 1.79 bits per heavy atom. The molecule has 0 aliphatic carbocycles. The van der Waals surface area contributed by atoms with Gasteiger partial charge < -0.3 is 10.6 Å². The van der Waals surface area contributed by atoms with E-state index in [0.717, 1.165) is 12.1 Å². The van der Waals surface area contributed by atoms with E-state index in [9.17, 15) is 27.6 Å². The molecule has 1 saturated heterocycles. The molecule has 2 aromatic rings. The van der Waals surface area contributed by atoms with Crippen molar-refractivity contribution < 1.29 is 27.6 Å². The maximum absolute atomic E-state index is 12.6. The van der Waals surface area contributed by atoms with Crippen LogP contribution >= 0.6 is 0 Å². The minimum Gasteiger partial charge on any atom is -0.323 e. The lowest BCUT2D eigenvalue weighted by Gasteiger charge is -2.21. The Hall–Kier alpha value is -3.62. The monoisotopic (exact) mass is 403 g/mol. The largest absolute Gasteiger partial charge is 0.416 e. The molecule has 4 amide bonds. The summed E-state index contributed by atoms with van der Waals surface area (Å²) in [6.07, 6.45) is -1.86. The molecular formula is C20H16F3N3O3. The number of benzene rings is 2. The van der Waals surface area contributed by atoms with Crippen molar-refractivity contribution in [1.29, 1.82) is 0 Å². The summed E-state index contributed by atoms with van der Waals surface area (Å²) in [5.74, 6) is -1.01. The third-order valence-corrected chi connectivity index (χ3v) is 4.42. The molecule has 150 valence electrons. The molecule has 3 rings (SSSR count). The van der Waals surface area contributed by atoms with Crippen molar-refractivity contribution in [3.63, 3.8) is 0 Å². The molecule has 1 atom stereocenters. The van der Waals surface area contributed by atoms with Crippen LogP contribution in [0.3, 0.4) is 0 Å². The number of alkyl halides is 3. The Bertz CT molecular complexity index is 1000. The minimum absolute atomic E-state index is 0.389. The number of amides is 4. The van der Waals surface area contributed by atoms with E-state index in [1.54, 1.807) is 31.2 Å². The zero-order valence-electron chi connectivity index (χ0n) is 15.1. The van der Waals surface area contributed by atoms with Gasteiger partial charge >= 0.3 is 12.2 Å². The first-order valence-electron chi connectivity index (χ1n) is 8.48. The van der Waals surface area contributed by atoms with E-state index in [1.165, 1.54) is 24.3 Å². The average molecular weight is 403 g/mol. The second-order valence-corrected chi connectivity index (χ2v) is 6.56. The van der Waals surface area contributed by atoms with Gasteiger partial charge in [0.2, 0.25) is 5.91 Å². The molecule has 29 heavy (non-hydrogen) atoms. The number of halogens is 3. The molecule has 0 radical (unpaired) electrons. The number of urea groups is 1. The number of carbonyl (C=O) groups excluding carboxylic acids is 3. The van der Waals surface area contributed by atoms with E-state index in [-0.39, 0.29) is 0 Å². The van der Waals surface area contributed by atoms with Gasteiger partial charge in [0.1, 0.15) is 5.54 Å². The highest BCUT2D eigenvalue weighted by Gasteiger charge is 2.43. The van der Waals surface area contributed by atoms with E-state index in [1.807, 2.05) is 0 Å². The second kappa shape index (κ2) is 7.42. The van der Waals surface area contributed by atoms with Crippen LogP contribution in [0.4, 0.5) is 23.7 Å². The van der Waals surface area contributed by atoms with E-state index in [4.69, 9.17) is 0 Å². The zero-order chi connectivity index (χ0) is 21.2. The number of carbonyl (C=O) groups is 3. The normalized spacial score (nSPS) is 19.2. The molecule has 1 aliphatic rings. The van der Waals surface area contributed by atoms with Crippen molar-refractivity contribution in [2.45, 2.75) is 18.6 Å². The summed E-state index contributed by atoms with van der Waals surface area (Å²) in [6.45, 7) is 1.54. The fraction of sp³-hybridized carbons (Fsp3) is 0.150. The van der Waals surface area contributed by atoms with Crippen LogP contribution in [-0.2, 0) is 21.3 Å². The lowest BCUT2D eigenvalue weighted by molar-refractivity contribution is -0.137. The van der Waals surface area contributed by atoms with Crippen molar-refractivity contribution in [2.24, 2.45) is 0 Å². The van der Waals surface area contributed by atoms with E-state index in [2.05, 4.69) is 16.0 Å². The molecule has 3 N–H and O–H groups in total. The number of imide groups is 1. The summed E-state index contributed by atoms with van der Waals surface area (Å²) in [6, 6.07) is 10.2. The molecule has 9 heteroatoms. The molecule has 1 aliphatic heterocycles. The van der Waals surface area contributed by atoms with Crippen molar-refractivity contribution in [2.75, 3.05) is 5.32 Å². The van der Waals surface area contributed by atoms with Gasteiger partial charge in [0, 0.05) is 11.8 Å². The van der Waals surface area contributed by atoms with E-state index >= 15 is 0 Å². The van der Waals surface area contributed by atoms with Gasteiger partial charge in [-0.1, -0.05) is 24.3 Å². The molecular weight excluding hydrogens is 387 g/mol. The van der Waals surface area contributed by atoms with Gasteiger partial charge in [-0.25, -0.2) is 4.79 Å². The minimum atomic E-state index is -4.42. The van der Waals surface area contributed by atoms with E-state index < -0.39 is 35.1 Å². The Kier molecular flexibility index (Phi) is 5.15. The number of anilines is 1. The maximum Gasteiger partial charge on any atom is 0.416 e. The van der Waals surface area contributed by atoms with Crippen LogP contribution in [0.2, 0.25) is 0 Å². The maximum atomic E-state index is 12.6. The molecule has 1 unspecified atom stereocenters. The van der Waals surface area contributed by atoms with Crippen molar-refractivity contribution in [1.82, 2.24) is 10.6 Å². The first kappa shape index (κ1) is 20.1. The number of nitrogens with one attached hydrogen (secondary N) is 3. The molecule has 1 heterocycles. The van der Waals surface area contributed by atoms with Gasteiger partial charge in [-0.15, -0.1) is 0 Å². The van der Waals surface area contributed by atoms with Crippen LogP contribution in [0.25, 0.3) is 6.08 Å². The summed E-state index contributed by atoms with van der Waals surface area (Å²) < 4.78 is 37.7. The molecule has 0 spiro atoms. The van der Waals surface area contributed by atoms with Crippen LogP contribution in [0.5, 0.6) is 0 Å². The smallest absolute Gasteiger partial charge is 0.323 e. The van der Waals surface area contributed by atoms with Gasteiger partial charge in [0.15, 0.2) is 0 Å². The number of hydrogen-bond acceptors (Lipinski definition) is 3. The quantitative estimate of drug-likeness (QED) is 0.540. The van der Waals surface area contributed by atoms with Crippen molar-refractivity contribution >= 4 is 29.6 Å². The van der Waals surface area contributed by atoms with Gasteiger partial charge in [0.05, 0.1) is 5.56 Å². The summed E-state index contributed by atoms with van der Waals surface area (Å²) in [7, 11) is 0. The summed E-state index contributed by atoms with van der Waals surface area (Å²) in [5, 5.41) is 7.30. The predicted octanol–water partition coefficient (Wildman–Crippen LogP) is 3.41. The Morgan fingerprint density at radius 1 is 1.10 bits per heavy atom. The fourth-order valence-electron chi connectivity index (χ4n) is 2.79. The standard InChI is InChI=1S/C20H16F3N3O3/c1-19(17(28)25-18(29)26-19)14-3-2-4-15(11-14)24-16(27)10-7-12-5-8-13(9-6-12)20(21,22)23/h2-11H,1H3,(H,24,27)(H2,25,26,28,29). The van der Waals surface area contributed by atoms with Gasteiger partial charge in [0.25, 0.3) is 5.91 Å². The third-order valence-electron chi connectivity index (χ3n) is 4.42. The SMILES string of the molecule is CC1(c2cccc(NC(=O)C=Cc3ccc(C(F)(F)F)cc3)c2)NC(=O)NC1=O. The van der Waals surface area contributed by atoms with Crippen molar-refractivity contribution in [3.8, 4) is 0 Å².